The molecule has 0 atom stereocenters. The Labute approximate surface area is 109 Å². The Bertz CT molecular complexity index is 419. The summed E-state index contributed by atoms with van der Waals surface area (Å²) in [6.45, 7) is 2.10. The largest absolute Gasteiger partial charge is 0.481 e. The van der Waals surface area contributed by atoms with Crippen molar-refractivity contribution in [3.63, 3.8) is 0 Å². The highest BCUT2D eigenvalue weighted by Crippen LogP contribution is 2.20. The molecule has 92 valence electrons. The van der Waals surface area contributed by atoms with Crippen molar-refractivity contribution >= 4 is 21.9 Å². The topological polar surface area (TPSA) is 61.4 Å². The van der Waals surface area contributed by atoms with Gasteiger partial charge in [0.25, 0.3) is 0 Å². The molecule has 3 N–H and O–H groups in total. The van der Waals surface area contributed by atoms with Gasteiger partial charge in [0.2, 0.25) is 0 Å². The van der Waals surface area contributed by atoms with Crippen LogP contribution in [-0.4, -0.2) is 29.7 Å². The van der Waals surface area contributed by atoms with E-state index in [0.717, 1.165) is 10.0 Å². The molecule has 0 unspecified atom stereocenters. The fraction of sp³-hybridized carbons (Fsp3) is 0.417. The third-order valence-electron chi connectivity index (χ3n) is 3.03. The van der Waals surface area contributed by atoms with Crippen molar-refractivity contribution in [2.75, 3.05) is 13.1 Å². The van der Waals surface area contributed by atoms with Crippen LogP contribution < -0.4 is 10.6 Å². The number of carboxylic acid groups (broad SMARTS) is 1. The lowest BCUT2D eigenvalue weighted by molar-refractivity contribution is -0.139. The van der Waals surface area contributed by atoms with Crippen LogP contribution in [0.15, 0.2) is 28.7 Å². The van der Waals surface area contributed by atoms with Crippen LogP contribution in [-0.2, 0) is 11.3 Å². The smallest absolute Gasteiger partial charge is 0.305 e. The van der Waals surface area contributed by atoms with Gasteiger partial charge in [-0.3, -0.25) is 4.79 Å². The van der Waals surface area contributed by atoms with Gasteiger partial charge in [-0.2, -0.15) is 0 Å². The van der Waals surface area contributed by atoms with Gasteiger partial charge < -0.3 is 15.7 Å². The summed E-state index contributed by atoms with van der Waals surface area (Å²) < 4.78 is 1.05. The lowest BCUT2D eigenvalue weighted by Crippen LogP contribution is -2.68. The minimum atomic E-state index is -0.758. The summed E-state index contributed by atoms with van der Waals surface area (Å²) in [5, 5.41) is 15.4. The van der Waals surface area contributed by atoms with Crippen molar-refractivity contribution < 1.29 is 9.90 Å². The van der Waals surface area contributed by atoms with Crippen LogP contribution in [0, 0.1) is 0 Å². The highest BCUT2D eigenvalue weighted by atomic mass is 79.9. The molecule has 1 aromatic rings. The molecule has 0 bridgehead atoms. The second-order valence-corrected chi connectivity index (χ2v) is 5.25. The molecule has 1 aromatic carbocycles. The van der Waals surface area contributed by atoms with E-state index in [-0.39, 0.29) is 12.0 Å². The van der Waals surface area contributed by atoms with Crippen molar-refractivity contribution in [3.8, 4) is 0 Å². The first kappa shape index (κ1) is 12.5. The molecule has 2 rings (SSSR count). The van der Waals surface area contributed by atoms with E-state index in [1.54, 1.807) is 0 Å². The molecule has 0 aromatic heterocycles. The van der Waals surface area contributed by atoms with E-state index in [1.165, 1.54) is 0 Å². The van der Waals surface area contributed by atoms with Gasteiger partial charge in [0.1, 0.15) is 0 Å². The number of halogens is 1. The molecule has 1 heterocycles. The Balaban J connectivity index is 1.97. The molecule has 0 radical (unpaired) electrons. The van der Waals surface area contributed by atoms with Crippen molar-refractivity contribution in [1.29, 1.82) is 0 Å². The first-order chi connectivity index (χ1) is 8.11. The zero-order chi connectivity index (χ0) is 12.3. The molecule has 0 amide bonds. The van der Waals surface area contributed by atoms with E-state index in [2.05, 4.69) is 26.6 Å². The summed E-state index contributed by atoms with van der Waals surface area (Å²) >= 11 is 3.48. The number of carboxylic acids is 1. The van der Waals surface area contributed by atoms with Crippen molar-refractivity contribution in [3.05, 3.63) is 34.3 Å². The summed E-state index contributed by atoms with van der Waals surface area (Å²) in [4.78, 5) is 10.8. The van der Waals surface area contributed by atoms with Gasteiger partial charge in [0.15, 0.2) is 0 Å². The number of nitrogens with one attached hydrogen (secondary N) is 2. The maximum Gasteiger partial charge on any atom is 0.305 e. The maximum atomic E-state index is 10.8. The summed E-state index contributed by atoms with van der Waals surface area (Å²) in [7, 11) is 0. The number of hydrogen-bond donors (Lipinski definition) is 3. The summed E-state index contributed by atoms with van der Waals surface area (Å²) in [6, 6.07) is 7.95. The number of benzene rings is 1. The van der Waals surface area contributed by atoms with E-state index in [4.69, 9.17) is 5.11 Å². The highest BCUT2D eigenvalue weighted by Gasteiger charge is 2.38. The quantitative estimate of drug-likeness (QED) is 0.768. The average Bonchev–Trinajstić information content (AvgIpc) is 2.23. The Hall–Kier alpha value is -0.910. The molecule has 1 aliphatic heterocycles. The Morgan fingerprint density at radius 2 is 2.18 bits per heavy atom. The minimum Gasteiger partial charge on any atom is -0.481 e. The molecular formula is C12H15BrN2O2. The minimum absolute atomic E-state index is 0.157. The third kappa shape index (κ3) is 3.06. The van der Waals surface area contributed by atoms with Gasteiger partial charge in [-0.25, -0.2) is 0 Å². The lowest BCUT2D eigenvalue weighted by Gasteiger charge is -2.42. The molecule has 1 saturated heterocycles. The molecule has 0 spiro atoms. The fourth-order valence-electron chi connectivity index (χ4n) is 1.95. The predicted molar refractivity (Wildman–Crippen MR) is 68.8 cm³/mol. The van der Waals surface area contributed by atoms with Crippen molar-refractivity contribution in [1.82, 2.24) is 10.6 Å². The van der Waals surface area contributed by atoms with Crippen molar-refractivity contribution in [2.45, 2.75) is 18.5 Å². The van der Waals surface area contributed by atoms with Gasteiger partial charge in [-0.1, -0.05) is 34.1 Å². The monoisotopic (exact) mass is 298 g/mol. The van der Waals surface area contributed by atoms with Crippen LogP contribution in [0.25, 0.3) is 0 Å². The molecule has 5 heteroatoms. The van der Waals surface area contributed by atoms with Crippen LogP contribution >= 0.6 is 15.9 Å². The van der Waals surface area contributed by atoms with Crippen LogP contribution in [0.2, 0.25) is 0 Å². The summed E-state index contributed by atoms with van der Waals surface area (Å²) in [5.74, 6) is -0.758. The highest BCUT2D eigenvalue weighted by molar-refractivity contribution is 9.10. The Morgan fingerprint density at radius 1 is 1.47 bits per heavy atom. The molecule has 1 fully saturated rings. The Kier molecular flexibility index (Phi) is 3.81. The molecular weight excluding hydrogens is 284 g/mol. The fourth-order valence-corrected chi connectivity index (χ4v) is 2.38. The average molecular weight is 299 g/mol. The number of aliphatic carboxylic acids is 1. The van der Waals surface area contributed by atoms with Gasteiger partial charge >= 0.3 is 5.97 Å². The van der Waals surface area contributed by atoms with Gasteiger partial charge in [0, 0.05) is 24.1 Å². The molecule has 1 aliphatic rings. The first-order valence-corrected chi connectivity index (χ1v) is 6.32. The van der Waals surface area contributed by atoms with E-state index < -0.39 is 5.97 Å². The van der Waals surface area contributed by atoms with Gasteiger partial charge in [-0.05, 0) is 11.6 Å². The summed E-state index contributed by atoms with van der Waals surface area (Å²) in [5.41, 5.74) is 0.852. The van der Waals surface area contributed by atoms with Crippen LogP contribution in [0.3, 0.4) is 0 Å². The van der Waals surface area contributed by atoms with E-state index in [9.17, 15) is 4.79 Å². The normalized spacial score (nSPS) is 17.5. The molecule has 0 aliphatic carbocycles. The number of rotatable bonds is 5. The third-order valence-corrected chi connectivity index (χ3v) is 3.80. The summed E-state index contributed by atoms with van der Waals surface area (Å²) in [6.07, 6.45) is 0.157. The van der Waals surface area contributed by atoms with Crippen LogP contribution in [0.1, 0.15) is 12.0 Å². The van der Waals surface area contributed by atoms with E-state index >= 15 is 0 Å². The second-order valence-electron chi connectivity index (χ2n) is 4.40. The Morgan fingerprint density at radius 3 is 2.71 bits per heavy atom. The lowest BCUT2D eigenvalue weighted by atomic mass is 9.88. The standard InChI is InChI=1S/C12H15BrN2O2/c13-10-4-2-1-3-9(10)6-15-12(5-11(16)17)7-14-8-12/h1-4,14-15H,5-8H2,(H,16,17). The van der Waals surface area contributed by atoms with E-state index in [0.29, 0.717) is 19.6 Å². The maximum absolute atomic E-state index is 10.8. The molecule has 4 nitrogen and oxygen atoms in total. The van der Waals surface area contributed by atoms with Crippen LogP contribution in [0.4, 0.5) is 0 Å². The zero-order valence-electron chi connectivity index (χ0n) is 9.37. The van der Waals surface area contributed by atoms with Gasteiger partial charge in [0.05, 0.1) is 12.0 Å². The zero-order valence-corrected chi connectivity index (χ0v) is 11.0. The van der Waals surface area contributed by atoms with E-state index in [1.807, 2.05) is 24.3 Å². The second kappa shape index (κ2) is 5.16. The predicted octanol–water partition coefficient (Wildman–Crippen LogP) is 1.36. The molecule has 0 saturated carbocycles. The molecule has 17 heavy (non-hydrogen) atoms. The SMILES string of the molecule is O=C(O)CC1(NCc2ccccc2Br)CNC1. The first-order valence-electron chi connectivity index (χ1n) is 5.52. The number of carbonyl (C=O) groups is 1. The van der Waals surface area contributed by atoms with Crippen LogP contribution in [0.5, 0.6) is 0 Å². The van der Waals surface area contributed by atoms with Gasteiger partial charge in [-0.15, -0.1) is 0 Å². The van der Waals surface area contributed by atoms with Crippen molar-refractivity contribution in [2.24, 2.45) is 0 Å². The number of hydrogen-bond acceptors (Lipinski definition) is 3.